The molecule has 0 fully saturated rings. The predicted octanol–water partition coefficient (Wildman–Crippen LogP) is 0.828. The van der Waals surface area contributed by atoms with Crippen LogP contribution in [-0.2, 0) is 0 Å². The maximum absolute atomic E-state index is 8.40. The molecule has 0 saturated heterocycles. The minimum Gasteiger partial charge on any atom is -0.244 e. The van der Waals surface area contributed by atoms with Crippen LogP contribution in [0.3, 0.4) is 0 Å². The molecule has 0 radical (unpaired) electrons. The largest absolute Gasteiger partial charge is 0.244 e. The monoisotopic (exact) mass is 153 g/mol. The molecule has 1 rings (SSSR count). The first-order chi connectivity index (χ1) is 5.86. The van der Waals surface area contributed by atoms with Crippen LogP contribution in [-0.4, -0.2) is 4.98 Å². The predicted molar refractivity (Wildman–Crippen MR) is 41.4 cm³/mol. The van der Waals surface area contributed by atoms with Gasteiger partial charge >= 0.3 is 0 Å². The van der Waals surface area contributed by atoms with Crippen molar-refractivity contribution >= 4 is 0 Å². The third-order valence-corrected chi connectivity index (χ3v) is 1.14. The molecule has 3 nitrogen and oxygen atoms in total. The highest BCUT2D eigenvalue weighted by molar-refractivity contribution is 5.37. The van der Waals surface area contributed by atoms with E-state index in [0.29, 0.717) is 11.3 Å². The van der Waals surface area contributed by atoms with Crippen molar-refractivity contribution in [1.29, 1.82) is 10.5 Å². The molecule has 54 valence electrons. The Hall–Kier alpha value is -2.31. The smallest absolute Gasteiger partial charge is 0.152 e. The van der Waals surface area contributed by atoms with E-state index in [2.05, 4.69) is 16.8 Å². The molecular formula is C9H3N3. The van der Waals surface area contributed by atoms with Crippen LogP contribution in [0.2, 0.25) is 0 Å². The molecule has 3 heteroatoms. The van der Waals surface area contributed by atoms with Crippen LogP contribution in [0.1, 0.15) is 11.3 Å². The maximum atomic E-state index is 8.40. The average Bonchev–Trinajstić information content (AvgIpc) is 2.15. The molecule has 0 saturated carbocycles. The highest BCUT2D eigenvalue weighted by atomic mass is 14.7. The third kappa shape index (κ3) is 1.84. The van der Waals surface area contributed by atoms with Crippen LogP contribution in [0.25, 0.3) is 0 Å². The summed E-state index contributed by atoms with van der Waals surface area (Å²) in [6.45, 7) is 0. The quantitative estimate of drug-likeness (QED) is 0.518. The number of rotatable bonds is 0. The lowest BCUT2D eigenvalue weighted by Crippen LogP contribution is -1.82. The van der Waals surface area contributed by atoms with Crippen molar-refractivity contribution in [1.82, 2.24) is 4.98 Å². The van der Waals surface area contributed by atoms with E-state index in [1.165, 1.54) is 6.20 Å². The lowest BCUT2D eigenvalue weighted by molar-refractivity contribution is 1.25. The summed E-state index contributed by atoms with van der Waals surface area (Å²) >= 11 is 0. The standard InChI is InChI=1S/C9H3N3/c10-5-1-2-8-3-4-9(6-11)12-7-8/h3-4,7H. The molecule has 12 heavy (non-hydrogen) atoms. The summed E-state index contributed by atoms with van der Waals surface area (Å²) in [4.78, 5) is 3.78. The Morgan fingerprint density at radius 1 is 1.25 bits per heavy atom. The Morgan fingerprint density at radius 2 is 2.08 bits per heavy atom. The Balaban J connectivity index is 2.96. The zero-order valence-electron chi connectivity index (χ0n) is 6.07. The van der Waals surface area contributed by atoms with E-state index in [1.807, 2.05) is 6.07 Å². The molecule has 1 aromatic heterocycles. The van der Waals surface area contributed by atoms with E-state index < -0.39 is 0 Å². The lowest BCUT2D eigenvalue weighted by Gasteiger charge is -1.87. The molecule has 0 bridgehead atoms. The first-order valence-electron chi connectivity index (χ1n) is 3.13. The van der Waals surface area contributed by atoms with E-state index in [-0.39, 0.29) is 0 Å². The zero-order chi connectivity index (χ0) is 8.81. The highest BCUT2D eigenvalue weighted by Crippen LogP contribution is 1.96. The van der Waals surface area contributed by atoms with Crippen LogP contribution in [0.5, 0.6) is 0 Å². The lowest BCUT2D eigenvalue weighted by atomic mass is 10.2. The van der Waals surface area contributed by atoms with E-state index in [0.717, 1.165) is 0 Å². The highest BCUT2D eigenvalue weighted by Gasteiger charge is 1.89. The zero-order valence-corrected chi connectivity index (χ0v) is 6.07. The summed E-state index contributed by atoms with van der Waals surface area (Å²) in [5.74, 6) is 4.80. The number of nitriles is 2. The van der Waals surface area contributed by atoms with Crippen molar-refractivity contribution in [3.05, 3.63) is 29.6 Å². The number of aromatic nitrogens is 1. The molecule has 0 atom stereocenters. The minimum absolute atomic E-state index is 0.345. The Kier molecular flexibility index (Phi) is 2.44. The second-order valence-electron chi connectivity index (χ2n) is 1.91. The molecule has 0 amide bonds. The molecule has 0 aliphatic rings. The molecule has 1 heterocycles. The first-order valence-corrected chi connectivity index (χ1v) is 3.13. The number of pyridine rings is 1. The Labute approximate surface area is 69.9 Å². The van der Waals surface area contributed by atoms with Gasteiger partial charge in [0.1, 0.15) is 11.8 Å². The second kappa shape index (κ2) is 3.76. The molecule has 1 aromatic rings. The van der Waals surface area contributed by atoms with E-state index in [4.69, 9.17) is 10.5 Å². The summed E-state index contributed by atoms with van der Waals surface area (Å²) in [5.41, 5.74) is 0.980. The van der Waals surface area contributed by atoms with Crippen molar-refractivity contribution in [2.75, 3.05) is 0 Å². The van der Waals surface area contributed by atoms with Gasteiger partial charge in [0.05, 0.1) is 0 Å². The van der Waals surface area contributed by atoms with Crippen LogP contribution in [0, 0.1) is 34.5 Å². The summed E-state index contributed by atoms with van der Waals surface area (Å²) < 4.78 is 0. The fraction of sp³-hybridized carbons (Fsp3) is 0. The molecule has 0 aliphatic carbocycles. The van der Waals surface area contributed by atoms with Gasteiger partial charge in [-0.25, -0.2) is 4.98 Å². The van der Waals surface area contributed by atoms with Crippen molar-refractivity contribution in [2.24, 2.45) is 0 Å². The van der Waals surface area contributed by atoms with Gasteiger partial charge < -0.3 is 0 Å². The number of hydrogen-bond donors (Lipinski definition) is 0. The first kappa shape index (κ1) is 7.79. The van der Waals surface area contributed by atoms with Crippen molar-refractivity contribution < 1.29 is 0 Å². The summed E-state index contributed by atoms with van der Waals surface area (Å²) in [7, 11) is 0. The number of hydrogen-bond acceptors (Lipinski definition) is 3. The van der Waals surface area contributed by atoms with Crippen LogP contribution in [0.4, 0.5) is 0 Å². The van der Waals surface area contributed by atoms with Crippen LogP contribution in [0.15, 0.2) is 18.3 Å². The molecule has 0 N–H and O–H groups in total. The molecule has 0 unspecified atom stereocenters. The van der Waals surface area contributed by atoms with Gasteiger partial charge in [-0.05, 0) is 18.1 Å². The van der Waals surface area contributed by atoms with E-state index in [1.54, 1.807) is 18.2 Å². The average molecular weight is 153 g/mol. The van der Waals surface area contributed by atoms with Crippen LogP contribution >= 0.6 is 0 Å². The molecule has 0 aromatic carbocycles. The van der Waals surface area contributed by atoms with Crippen LogP contribution < -0.4 is 0 Å². The summed E-state index contributed by atoms with van der Waals surface area (Å²) in [6.07, 6.45) is 1.46. The Bertz CT molecular complexity index is 406. The van der Waals surface area contributed by atoms with Gasteiger partial charge in [0.15, 0.2) is 6.07 Å². The minimum atomic E-state index is 0.345. The third-order valence-electron chi connectivity index (χ3n) is 1.14. The fourth-order valence-electron chi connectivity index (χ4n) is 0.634. The van der Waals surface area contributed by atoms with Gasteiger partial charge in [-0.2, -0.15) is 10.5 Å². The topological polar surface area (TPSA) is 60.5 Å². The van der Waals surface area contributed by atoms with Gasteiger partial charge in [-0.3, -0.25) is 0 Å². The second-order valence-corrected chi connectivity index (χ2v) is 1.91. The van der Waals surface area contributed by atoms with Crippen molar-refractivity contribution in [3.8, 4) is 24.0 Å². The SMILES string of the molecule is N#CC#Cc1ccc(C#N)nc1. The Morgan fingerprint density at radius 3 is 2.58 bits per heavy atom. The van der Waals surface area contributed by atoms with Crippen molar-refractivity contribution in [3.63, 3.8) is 0 Å². The van der Waals surface area contributed by atoms with E-state index >= 15 is 0 Å². The van der Waals surface area contributed by atoms with Gasteiger partial charge in [-0.1, -0.05) is 0 Å². The molecule has 0 spiro atoms. The molecule has 0 aliphatic heterocycles. The maximum Gasteiger partial charge on any atom is 0.152 e. The fourth-order valence-corrected chi connectivity index (χ4v) is 0.634. The van der Waals surface area contributed by atoms with Gasteiger partial charge in [-0.15, -0.1) is 0 Å². The van der Waals surface area contributed by atoms with E-state index in [9.17, 15) is 0 Å². The van der Waals surface area contributed by atoms with Gasteiger partial charge in [0.2, 0.25) is 0 Å². The summed E-state index contributed by atoms with van der Waals surface area (Å²) in [6, 6.07) is 6.78. The van der Waals surface area contributed by atoms with Gasteiger partial charge in [0, 0.05) is 17.7 Å². The molecular weight excluding hydrogens is 150 g/mol. The number of nitrogens with zero attached hydrogens (tertiary/aromatic N) is 3. The van der Waals surface area contributed by atoms with Crippen molar-refractivity contribution in [2.45, 2.75) is 0 Å². The normalized spacial score (nSPS) is 7.17. The van der Waals surface area contributed by atoms with Gasteiger partial charge in [0.25, 0.3) is 0 Å². The summed E-state index contributed by atoms with van der Waals surface area (Å²) in [5, 5.41) is 16.5.